The second-order valence-electron chi connectivity index (χ2n) is 3.22. The number of hydrogen-bond acceptors (Lipinski definition) is 3. The standard InChI is InChI=1S/C10H12F3NO2/c11-10(12,13)9(15)6-16-8-3-1-7(5-14)2-4-8/h1-4,9,15H,5-6,14H2. The van der Waals surface area contributed by atoms with E-state index in [1.807, 2.05) is 0 Å². The zero-order valence-electron chi connectivity index (χ0n) is 8.37. The van der Waals surface area contributed by atoms with Crippen molar-refractivity contribution in [1.82, 2.24) is 0 Å². The minimum atomic E-state index is -4.66. The molecule has 90 valence electrons. The molecule has 3 N–H and O–H groups in total. The number of ether oxygens (including phenoxy) is 1. The van der Waals surface area contributed by atoms with Gasteiger partial charge in [-0.05, 0) is 17.7 Å². The highest BCUT2D eigenvalue weighted by Crippen LogP contribution is 2.21. The van der Waals surface area contributed by atoms with E-state index in [9.17, 15) is 13.2 Å². The summed E-state index contributed by atoms with van der Waals surface area (Å²) < 4.78 is 40.6. The number of aliphatic hydroxyl groups is 1. The first-order valence-corrected chi connectivity index (χ1v) is 4.60. The normalized spacial score (nSPS) is 13.6. The summed E-state index contributed by atoms with van der Waals surface area (Å²) in [7, 11) is 0. The predicted molar refractivity (Wildman–Crippen MR) is 51.9 cm³/mol. The molecule has 1 rings (SSSR count). The summed E-state index contributed by atoms with van der Waals surface area (Å²) in [5.41, 5.74) is 6.20. The van der Waals surface area contributed by atoms with Gasteiger partial charge in [-0.25, -0.2) is 0 Å². The number of alkyl halides is 3. The van der Waals surface area contributed by atoms with E-state index < -0.39 is 18.9 Å². The molecule has 0 fully saturated rings. The maximum absolute atomic E-state index is 11.9. The van der Waals surface area contributed by atoms with Crippen molar-refractivity contribution in [2.45, 2.75) is 18.8 Å². The van der Waals surface area contributed by atoms with Gasteiger partial charge < -0.3 is 15.6 Å². The van der Waals surface area contributed by atoms with Crippen LogP contribution in [0.2, 0.25) is 0 Å². The molecule has 1 atom stereocenters. The lowest BCUT2D eigenvalue weighted by molar-refractivity contribution is -0.210. The molecule has 0 saturated heterocycles. The highest BCUT2D eigenvalue weighted by Gasteiger charge is 2.38. The minimum absolute atomic E-state index is 0.264. The first-order chi connectivity index (χ1) is 7.43. The largest absolute Gasteiger partial charge is 0.491 e. The molecule has 16 heavy (non-hydrogen) atoms. The lowest BCUT2D eigenvalue weighted by Crippen LogP contribution is -2.34. The van der Waals surface area contributed by atoms with E-state index in [0.29, 0.717) is 6.54 Å². The number of hydrogen-bond donors (Lipinski definition) is 2. The van der Waals surface area contributed by atoms with Crippen LogP contribution < -0.4 is 10.5 Å². The van der Waals surface area contributed by atoms with Crippen LogP contribution in [0, 0.1) is 0 Å². The second-order valence-corrected chi connectivity index (χ2v) is 3.22. The Morgan fingerprint density at radius 3 is 2.25 bits per heavy atom. The van der Waals surface area contributed by atoms with Gasteiger partial charge in [-0.15, -0.1) is 0 Å². The average Bonchev–Trinajstić information content (AvgIpc) is 2.25. The molecule has 0 aliphatic carbocycles. The zero-order chi connectivity index (χ0) is 12.2. The van der Waals surface area contributed by atoms with Crippen LogP contribution >= 0.6 is 0 Å². The molecule has 0 heterocycles. The van der Waals surface area contributed by atoms with Gasteiger partial charge in [-0.2, -0.15) is 13.2 Å². The van der Waals surface area contributed by atoms with Crippen LogP contribution in [0.5, 0.6) is 5.75 Å². The molecule has 1 aromatic rings. The highest BCUT2D eigenvalue weighted by molar-refractivity contribution is 5.27. The fraction of sp³-hybridized carbons (Fsp3) is 0.400. The molecule has 0 aromatic heterocycles. The van der Waals surface area contributed by atoms with Crippen LogP contribution in [0.1, 0.15) is 5.56 Å². The smallest absolute Gasteiger partial charge is 0.417 e. The van der Waals surface area contributed by atoms with Gasteiger partial charge in [0, 0.05) is 6.54 Å². The van der Waals surface area contributed by atoms with E-state index in [-0.39, 0.29) is 5.75 Å². The van der Waals surface area contributed by atoms with Crippen molar-refractivity contribution < 1.29 is 23.0 Å². The van der Waals surface area contributed by atoms with Crippen molar-refractivity contribution in [3.05, 3.63) is 29.8 Å². The zero-order valence-corrected chi connectivity index (χ0v) is 8.37. The molecule has 0 aliphatic heterocycles. The Morgan fingerprint density at radius 1 is 1.25 bits per heavy atom. The molecule has 1 aromatic carbocycles. The Kier molecular flexibility index (Phi) is 4.14. The van der Waals surface area contributed by atoms with Crippen LogP contribution in [0.4, 0.5) is 13.2 Å². The number of nitrogens with two attached hydrogens (primary N) is 1. The summed E-state index contributed by atoms with van der Waals surface area (Å²) in [4.78, 5) is 0. The van der Waals surface area contributed by atoms with E-state index in [1.165, 1.54) is 12.1 Å². The van der Waals surface area contributed by atoms with Crippen molar-refractivity contribution in [2.24, 2.45) is 5.73 Å². The van der Waals surface area contributed by atoms with Crippen molar-refractivity contribution in [3.63, 3.8) is 0 Å². The maximum Gasteiger partial charge on any atom is 0.417 e. The lowest BCUT2D eigenvalue weighted by Gasteiger charge is -2.15. The number of aliphatic hydroxyl groups excluding tert-OH is 1. The van der Waals surface area contributed by atoms with Gasteiger partial charge in [-0.3, -0.25) is 0 Å². The summed E-state index contributed by atoms with van der Waals surface area (Å²) in [5.74, 6) is 0.264. The van der Waals surface area contributed by atoms with E-state index in [4.69, 9.17) is 15.6 Å². The predicted octanol–water partition coefficient (Wildman–Crippen LogP) is 1.45. The van der Waals surface area contributed by atoms with Gasteiger partial charge in [0.05, 0.1) is 0 Å². The SMILES string of the molecule is NCc1ccc(OCC(O)C(F)(F)F)cc1. The van der Waals surface area contributed by atoms with Crippen molar-refractivity contribution in [2.75, 3.05) is 6.61 Å². The Labute approximate surface area is 90.6 Å². The molecule has 0 aliphatic rings. The summed E-state index contributed by atoms with van der Waals surface area (Å²) >= 11 is 0. The molecule has 0 amide bonds. The molecule has 0 bridgehead atoms. The molecule has 3 nitrogen and oxygen atoms in total. The fourth-order valence-electron chi connectivity index (χ4n) is 0.991. The monoisotopic (exact) mass is 235 g/mol. The molecule has 0 saturated carbocycles. The van der Waals surface area contributed by atoms with E-state index in [2.05, 4.69) is 0 Å². The molecule has 0 spiro atoms. The third kappa shape index (κ3) is 3.71. The Bertz CT molecular complexity index is 324. The van der Waals surface area contributed by atoms with Crippen molar-refractivity contribution in [1.29, 1.82) is 0 Å². The molecule has 0 radical (unpaired) electrons. The van der Waals surface area contributed by atoms with Gasteiger partial charge in [-0.1, -0.05) is 12.1 Å². The van der Waals surface area contributed by atoms with Crippen molar-refractivity contribution in [3.8, 4) is 5.75 Å². The Balaban J connectivity index is 2.48. The summed E-state index contributed by atoms with van der Waals surface area (Å²) in [6, 6.07) is 6.31. The van der Waals surface area contributed by atoms with Gasteiger partial charge in [0.15, 0.2) is 6.10 Å². The summed E-state index contributed by atoms with van der Waals surface area (Å²) in [6.45, 7) is -0.461. The van der Waals surface area contributed by atoms with Crippen LogP contribution in [-0.2, 0) is 6.54 Å². The minimum Gasteiger partial charge on any atom is -0.491 e. The lowest BCUT2D eigenvalue weighted by atomic mass is 10.2. The summed E-state index contributed by atoms with van der Waals surface area (Å²) in [6.07, 6.45) is -7.13. The number of rotatable bonds is 4. The third-order valence-corrected chi connectivity index (χ3v) is 1.94. The first-order valence-electron chi connectivity index (χ1n) is 4.60. The van der Waals surface area contributed by atoms with Crippen LogP contribution in [0.15, 0.2) is 24.3 Å². The van der Waals surface area contributed by atoms with Crippen LogP contribution in [-0.4, -0.2) is 24.0 Å². The molecular formula is C10H12F3NO2. The number of halogens is 3. The third-order valence-electron chi connectivity index (χ3n) is 1.94. The van der Waals surface area contributed by atoms with Gasteiger partial charge in [0.2, 0.25) is 0 Å². The Morgan fingerprint density at radius 2 is 1.81 bits per heavy atom. The topological polar surface area (TPSA) is 55.5 Å². The molecule has 1 unspecified atom stereocenters. The average molecular weight is 235 g/mol. The fourth-order valence-corrected chi connectivity index (χ4v) is 0.991. The second kappa shape index (κ2) is 5.18. The van der Waals surface area contributed by atoms with E-state index in [0.717, 1.165) is 5.56 Å². The quantitative estimate of drug-likeness (QED) is 0.830. The van der Waals surface area contributed by atoms with Crippen LogP contribution in [0.3, 0.4) is 0 Å². The van der Waals surface area contributed by atoms with E-state index >= 15 is 0 Å². The molecular weight excluding hydrogens is 223 g/mol. The van der Waals surface area contributed by atoms with Gasteiger partial charge >= 0.3 is 6.18 Å². The van der Waals surface area contributed by atoms with Crippen molar-refractivity contribution >= 4 is 0 Å². The molecule has 6 heteroatoms. The van der Waals surface area contributed by atoms with Crippen LogP contribution in [0.25, 0.3) is 0 Å². The van der Waals surface area contributed by atoms with Gasteiger partial charge in [0.25, 0.3) is 0 Å². The highest BCUT2D eigenvalue weighted by atomic mass is 19.4. The first kappa shape index (κ1) is 12.8. The maximum atomic E-state index is 11.9. The van der Waals surface area contributed by atoms with Gasteiger partial charge in [0.1, 0.15) is 12.4 Å². The number of benzene rings is 1. The summed E-state index contributed by atoms with van der Waals surface area (Å²) in [5, 5.41) is 8.68. The Hall–Kier alpha value is -1.27. The van der Waals surface area contributed by atoms with E-state index in [1.54, 1.807) is 12.1 Å².